The van der Waals surface area contributed by atoms with Crippen molar-refractivity contribution in [3.63, 3.8) is 0 Å². The van der Waals surface area contributed by atoms with Gasteiger partial charge >= 0.3 is 0 Å². The molecule has 2 heterocycles. The number of sulfonamides is 1. The zero-order chi connectivity index (χ0) is 13.9. The van der Waals surface area contributed by atoms with Crippen molar-refractivity contribution in [3.05, 3.63) is 24.8 Å². The van der Waals surface area contributed by atoms with E-state index in [2.05, 4.69) is 25.1 Å². The number of nitrogens with zero attached hydrogens (tertiary/aromatic N) is 4. The van der Waals surface area contributed by atoms with Crippen LogP contribution in [0, 0.1) is 0 Å². The first-order valence-electron chi connectivity index (χ1n) is 5.58. The number of aromatic nitrogens is 4. The summed E-state index contributed by atoms with van der Waals surface area (Å²) in [5.74, 6) is 0.392. The molecule has 0 saturated heterocycles. The molecule has 0 unspecified atom stereocenters. The maximum absolute atomic E-state index is 12.0. The van der Waals surface area contributed by atoms with Gasteiger partial charge in [-0.2, -0.15) is 5.10 Å². The molecule has 8 nitrogen and oxygen atoms in total. The average molecular weight is 282 g/mol. The van der Waals surface area contributed by atoms with Gasteiger partial charge < -0.3 is 5.32 Å². The Morgan fingerprint density at radius 1 is 1.26 bits per heavy atom. The summed E-state index contributed by atoms with van der Waals surface area (Å²) >= 11 is 0. The predicted molar refractivity (Wildman–Crippen MR) is 70.2 cm³/mol. The van der Waals surface area contributed by atoms with Crippen molar-refractivity contribution in [2.24, 2.45) is 7.05 Å². The Labute approximate surface area is 110 Å². The maximum atomic E-state index is 12.0. The Hall–Kier alpha value is -2.16. The third kappa shape index (κ3) is 3.19. The van der Waals surface area contributed by atoms with E-state index < -0.39 is 10.0 Å². The molecule has 0 saturated carbocycles. The van der Waals surface area contributed by atoms with Gasteiger partial charge in [0.15, 0.2) is 0 Å². The average Bonchev–Trinajstić information content (AvgIpc) is 2.75. The number of hydrogen-bond donors (Lipinski definition) is 2. The highest BCUT2D eigenvalue weighted by atomic mass is 32.2. The molecule has 0 fully saturated rings. The Morgan fingerprint density at radius 3 is 2.47 bits per heavy atom. The first kappa shape index (κ1) is 13.3. The van der Waals surface area contributed by atoms with Gasteiger partial charge in [0.25, 0.3) is 10.0 Å². The minimum Gasteiger partial charge on any atom is -0.355 e. The number of rotatable bonds is 5. The number of aryl methyl sites for hydroxylation is 1. The molecule has 2 aromatic heterocycles. The van der Waals surface area contributed by atoms with E-state index in [-0.39, 0.29) is 4.90 Å². The molecule has 0 aromatic carbocycles. The van der Waals surface area contributed by atoms with Gasteiger partial charge in [-0.25, -0.2) is 18.4 Å². The van der Waals surface area contributed by atoms with Crippen molar-refractivity contribution in [2.45, 2.75) is 11.8 Å². The van der Waals surface area contributed by atoms with Crippen LogP contribution in [0.25, 0.3) is 0 Å². The standard InChI is InChI=1S/C10H14N6O2S/c1-3-11-10-12-5-9(6-13-10)19(17,18)15-8-4-14-16(2)7-8/h4-7,15H,3H2,1-2H3,(H,11,12,13). The third-order valence-electron chi connectivity index (χ3n) is 2.23. The van der Waals surface area contributed by atoms with Crippen molar-refractivity contribution in [2.75, 3.05) is 16.6 Å². The van der Waals surface area contributed by atoms with Crippen molar-refractivity contribution in [3.8, 4) is 0 Å². The van der Waals surface area contributed by atoms with Gasteiger partial charge in [-0.3, -0.25) is 9.40 Å². The summed E-state index contributed by atoms with van der Waals surface area (Å²) in [7, 11) is -1.99. The Kier molecular flexibility index (Phi) is 3.65. The lowest BCUT2D eigenvalue weighted by Gasteiger charge is -2.06. The van der Waals surface area contributed by atoms with Crippen LogP contribution in [0.2, 0.25) is 0 Å². The van der Waals surface area contributed by atoms with Crippen LogP contribution in [0.5, 0.6) is 0 Å². The molecular formula is C10H14N6O2S. The van der Waals surface area contributed by atoms with Gasteiger partial charge in [-0.15, -0.1) is 0 Å². The van der Waals surface area contributed by atoms with Gasteiger partial charge in [0, 0.05) is 19.8 Å². The summed E-state index contributed by atoms with van der Waals surface area (Å²) in [5.41, 5.74) is 0.387. The van der Waals surface area contributed by atoms with Crippen molar-refractivity contribution < 1.29 is 8.42 Å². The van der Waals surface area contributed by atoms with Crippen LogP contribution in [-0.2, 0) is 17.1 Å². The molecule has 2 rings (SSSR count). The first-order valence-corrected chi connectivity index (χ1v) is 7.07. The fraction of sp³-hybridized carbons (Fsp3) is 0.300. The van der Waals surface area contributed by atoms with Crippen molar-refractivity contribution in [1.29, 1.82) is 0 Å². The summed E-state index contributed by atoms with van der Waals surface area (Å²) in [4.78, 5) is 7.84. The Morgan fingerprint density at radius 2 is 1.95 bits per heavy atom. The first-order chi connectivity index (χ1) is 9.01. The number of nitrogens with one attached hydrogen (secondary N) is 2. The molecule has 102 valence electrons. The van der Waals surface area contributed by atoms with Crippen LogP contribution >= 0.6 is 0 Å². The highest BCUT2D eigenvalue weighted by Crippen LogP contribution is 2.14. The Bertz CT molecular complexity index is 649. The fourth-order valence-electron chi connectivity index (χ4n) is 1.39. The summed E-state index contributed by atoms with van der Waals surface area (Å²) in [6.45, 7) is 2.57. The maximum Gasteiger partial charge on any atom is 0.265 e. The van der Waals surface area contributed by atoms with Crippen molar-refractivity contribution >= 4 is 21.7 Å². The van der Waals surface area contributed by atoms with E-state index in [1.807, 2.05) is 6.92 Å². The topological polar surface area (TPSA) is 102 Å². The van der Waals surface area contributed by atoms with Crippen LogP contribution in [-0.4, -0.2) is 34.7 Å². The number of anilines is 2. The van der Waals surface area contributed by atoms with E-state index in [9.17, 15) is 8.42 Å². The molecule has 19 heavy (non-hydrogen) atoms. The molecule has 2 N–H and O–H groups in total. The van der Waals surface area contributed by atoms with Crippen LogP contribution in [0.4, 0.5) is 11.6 Å². The SMILES string of the molecule is CCNc1ncc(S(=O)(=O)Nc2cnn(C)c2)cn1. The molecule has 0 aliphatic carbocycles. The lowest BCUT2D eigenvalue weighted by atomic mass is 10.6. The van der Waals surface area contributed by atoms with Gasteiger partial charge in [-0.05, 0) is 6.92 Å². The van der Waals surface area contributed by atoms with E-state index in [1.54, 1.807) is 13.2 Å². The van der Waals surface area contributed by atoms with E-state index >= 15 is 0 Å². The highest BCUT2D eigenvalue weighted by molar-refractivity contribution is 7.92. The minimum absolute atomic E-state index is 0.00185. The summed E-state index contributed by atoms with van der Waals surface area (Å²) < 4.78 is 28.0. The molecular weight excluding hydrogens is 268 g/mol. The van der Waals surface area contributed by atoms with Gasteiger partial charge in [0.05, 0.1) is 24.3 Å². The van der Waals surface area contributed by atoms with Crippen molar-refractivity contribution in [1.82, 2.24) is 19.7 Å². The van der Waals surface area contributed by atoms with E-state index in [0.717, 1.165) is 0 Å². The summed E-state index contributed by atoms with van der Waals surface area (Å²) in [6.07, 6.45) is 5.49. The van der Waals surface area contributed by atoms with E-state index in [0.29, 0.717) is 18.2 Å². The van der Waals surface area contributed by atoms with Crippen LogP contribution in [0.3, 0.4) is 0 Å². The molecule has 0 amide bonds. The normalized spacial score (nSPS) is 11.3. The van der Waals surface area contributed by atoms with Crippen LogP contribution < -0.4 is 10.0 Å². The zero-order valence-electron chi connectivity index (χ0n) is 10.5. The van der Waals surface area contributed by atoms with Gasteiger partial charge in [-0.1, -0.05) is 0 Å². The lowest BCUT2D eigenvalue weighted by Crippen LogP contribution is -2.14. The van der Waals surface area contributed by atoms with E-state index in [1.165, 1.54) is 23.3 Å². The zero-order valence-corrected chi connectivity index (χ0v) is 11.3. The van der Waals surface area contributed by atoms with Crippen LogP contribution in [0.15, 0.2) is 29.7 Å². The van der Waals surface area contributed by atoms with Gasteiger partial charge in [0.2, 0.25) is 5.95 Å². The Balaban J connectivity index is 2.19. The molecule has 0 aliphatic rings. The molecule has 2 aromatic rings. The van der Waals surface area contributed by atoms with Gasteiger partial charge in [0.1, 0.15) is 4.90 Å². The lowest BCUT2D eigenvalue weighted by molar-refractivity contribution is 0.600. The smallest absolute Gasteiger partial charge is 0.265 e. The largest absolute Gasteiger partial charge is 0.355 e. The second-order valence-corrected chi connectivity index (χ2v) is 5.46. The number of hydrogen-bond acceptors (Lipinski definition) is 6. The quantitative estimate of drug-likeness (QED) is 0.825. The monoisotopic (exact) mass is 282 g/mol. The highest BCUT2D eigenvalue weighted by Gasteiger charge is 2.16. The van der Waals surface area contributed by atoms with E-state index in [4.69, 9.17) is 0 Å². The second kappa shape index (κ2) is 5.22. The molecule has 0 bridgehead atoms. The molecule has 0 spiro atoms. The molecule has 0 atom stereocenters. The second-order valence-electron chi connectivity index (χ2n) is 3.78. The third-order valence-corrected chi connectivity index (χ3v) is 3.57. The molecule has 0 aliphatic heterocycles. The molecule has 9 heteroatoms. The summed E-state index contributed by atoms with van der Waals surface area (Å²) in [5, 5.41) is 6.77. The fourth-order valence-corrected chi connectivity index (χ4v) is 2.31. The van der Waals surface area contributed by atoms with Crippen LogP contribution in [0.1, 0.15) is 6.92 Å². The predicted octanol–water partition coefficient (Wildman–Crippen LogP) is 0.443. The summed E-state index contributed by atoms with van der Waals surface area (Å²) in [6, 6.07) is 0. The minimum atomic E-state index is -3.69. The molecule has 0 radical (unpaired) electrons.